The average molecular weight is 568 g/mol. The number of nitrogens with zero attached hydrogens (tertiary/aromatic N) is 8. The lowest BCUT2D eigenvalue weighted by Gasteiger charge is -2.17. The second-order valence-corrected chi connectivity index (χ2v) is 11.2. The number of urea groups is 1. The van der Waals surface area contributed by atoms with Gasteiger partial charge in [-0.1, -0.05) is 0 Å². The molecule has 0 spiro atoms. The van der Waals surface area contributed by atoms with Crippen molar-refractivity contribution in [3.05, 3.63) is 65.8 Å². The van der Waals surface area contributed by atoms with E-state index in [0.29, 0.717) is 40.9 Å². The lowest BCUT2D eigenvalue weighted by molar-refractivity contribution is -0.124. The predicted octanol–water partition coefficient (Wildman–Crippen LogP) is 3.38. The molecule has 7 rings (SSSR count). The molecule has 1 aliphatic heterocycles. The van der Waals surface area contributed by atoms with Crippen LogP contribution in [0.4, 0.5) is 16.3 Å². The Morgan fingerprint density at radius 1 is 1.17 bits per heavy atom. The van der Waals surface area contributed by atoms with Gasteiger partial charge in [0.25, 0.3) is 0 Å². The zero-order valence-corrected chi connectivity index (χ0v) is 23.4. The third kappa shape index (κ3) is 4.80. The summed E-state index contributed by atoms with van der Waals surface area (Å²) in [6, 6.07) is 5.05. The van der Waals surface area contributed by atoms with Crippen molar-refractivity contribution >= 4 is 35.0 Å². The van der Waals surface area contributed by atoms with Gasteiger partial charge in [-0.3, -0.25) is 19.4 Å². The zero-order chi connectivity index (χ0) is 29.1. The maximum atomic E-state index is 12.8. The first kappa shape index (κ1) is 26.0. The van der Waals surface area contributed by atoms with E-state index in [2.05, 4.69) is 25.5 Å². The quantitative estimate of drug-likeness (QED) is 0.316. The third-order valence-corrected chi connectivity index (χ3v) is 7.98. The minimum absolute atomic E-state index is 0.00736. The molecule has 2 saturated carbocycles. The second-order valence-electron chi connectivity index (χ2n) is 11.2. The van der Waals surface area contributed by atoms with E-state index < -0.39 is 6.10 Å². The first-order valence-corrected chi connectivity index (χ1v) is 14.0. The van der Waals surface area contributed by atoms with Gasteiger partial charge in [-0.2, -0.15) is 5.10 Å². The van der Waals surface area contributed by atoms with E-state index in [9.17, 15) is 14.4 Å². The number of imidazole rings is 1. The molecule has 13 nitrogen and oxygen atoms in total. The van der Waals surface area contributed by atoms with Crippen LogP contribution >= 0.6 is 0 Å². The summed E-state index contributed by atoms with van der Waals surface area (Å²) in [5, 5.41) is 10.9. The van der Waals surface area contributed by atoms with Gasteiger partial charge in [-0.25, -0.2) is 19.7 Å². The molecular formula is C29H29N9O4. The molecular weight excluding hydrogens is 538 g/mol. The molecule has 0 radical (unpaired) electrons. The molecule has 1 saturated heterocycles. The number of imide groups is 1. The van der Waals surface area contributed by atoms with Gasteiger partial charge >= 0.3 is 6.03 Å². The summed E-state index contributed by atoms with van der Waals surface area (Å²) in [5.41, 5.74) is 3.78. The molecule has 3 fully saturated rings. The topological polar surface area (TPSA) is 148 Å². The first-order valence-electron chi connectivity index (χ1n) is 14.0. The molecule has 13 heteroatoms. The smallest absolute Gasteiger partial charge is 0.331 e. The predicted molar refractivity (Wildman–Crippen MR) is 150 cm³/mol. The van der Waals surface area contributed by atoms with Crippen LogP contribution in [-0.2, 0) is 9.59 Å². The van der Waals surface area contributed by atoms with Crippen LogP contribution in [0.5, 0.6) is 5.75 Å². The van der Waals surface area contributed by atoms with Crippen molar-refractivity contribution < 1.29 is 19.1 Å². The maximum absolute atomic E-state index is 12.8. The lowest BCUT2D eigenvalue weighted by atomic mass is 10.1. The van der Waals surface area contributed by atoms with Crippen LogP contribution < -0.4 is 15.0 Å². The number of nitrogens with one attached hydrogen (secondary N) is 1. The molecule has 4 amide bonds. The number of anilines is 2. The van der Waals surface area contributed by atoms with Crippen molar-refractivity contribution in [1.82, 2.24) is 34.4 Å². The van der Waals surface area contributed by atoms with Crippen molar-refractivity contribution in [2.45, 2.75) is 51.0 Å². The van der Waals surface area contributed by atoms with E-state index in [-0.39, 0.29) is 42.0 Å². The van der Waals surface area contributed by atoms with Crippen LogP contribution in [0.25, 0.3) is 5.65 Å². The molecule has 3 aliphatic rings. The number of hydrogen-bond donors (Lipinski definition) is 1. The van der Waals surface area contributed by atoms with Crippen LogP contribution in [0.2, 0.25) is 0 Å². The molecule has 5 heterocycles. The van der Waals surface area contributed by atoms with Gasteiger partial charge in [0.15, 0.2) is 11.5 Å². The summed E-state index contributed by atoms with van der Waals surface area (Å²) in [6.45, 7) is 3.73. The van der Waals surface area contributed by atoms with E-state index in [1.165, 1.54) is 18.1 Å². The van der Waals surface area contributed by atoms with Gasteiger partial charge in [0, 0.05) is 49.2 Å². The highest BCUT2D eigenvalue weighted by Crippen LogP contribution is 2.46. The van der Waals surface area contributed by atoms with Crippen molar-refractivity contribution in [2.75, 3.05) is 23.8 Å². The van der Waals surface area contributed by atoms with Crippen LogP contribution in [0.3, 0.4) is 0 Å². The van der Waals surface area contributed by atoms with Crippen molar-refractivity contribution in [3.8, 4) is 5.75 Å². The fourth-order valence-corrected chi connectivity index (χ4v) is 5.32. The summed E-state index contributed by atoms with van der Waals surface area (Å²) < 4.78 is 8.05. The summed E-state index contributed by atoms with van der Waals surface area (Å²) in [6.07, 6.45) is 9.46. The van der Waals surface area contributed by atoms with Gasteiger partial charge in [-0.05, 0) is 56.7 Å². The van der Waals surface area contributed by atoms with Crippen molar-refractivity contribution in [1.29, 1.82) is 0 Å². The fourth-order valence-electron chi connectivity index (χ4n) is 5.32. The normalized spacial score (nSPS) is 20.7. The second kappa shape index (κ2) is 9.86. The van der Waals surface area contributed by atoms with Crippen LogP contribution in [0.15, 0.2) is 43.0 Å². The number of aryl methyl sites for hydroxylation is 1. The van der Waals surface area contributed by atoms with Gasteiger partial charge < -0.3 is 14.5 Å². The molecule has 2 unspecified atom stereocenters. The maximum Gasteiger partial charge on any atom is 0.331 e. The highest BCUT2D eigenvalue weighted by molar-refractivity contribution is 6.13. The molecule has 0 bridgehead atoms. The van der Waals surface area contributed by atoms with Gasteiger partial charge in [0.1, 0.15) is 24.2 Å². The Labute approximate surface area is 240 Å². The Balaban J connectivity index is 1.08. The largest absolute Gasteiger partial charge is 0.483 e. The highest BCUT2D eigenvalue weighted by atomic mass is 16.5. The molecule has 42 heavy (non-hydrogen) atoms. The third-order valence-electron chi connectivity index (χ3n) is 7.98. The number of likely N-dealkylation sites (N-methyl/N-ethyl adjacent to an activating group) is 1. The molecule has 2 aliphatic carbocycles. The zero-order valence-electron chi connectivity index (χ0n) is 23.4. The molecule has 0 aromatic carbocycles. The monoisotopic (exact) mass is 567 g/mol. The molecule has 4 aromatic rings. The van der Waals surface area contributed by atoms with Crippen molar-refractivity contribution in [2.24, 2.45) is 5.92 Å². The first-order chi connectivity index (χ1) is 20.2. The standard InChI is InChI=1S/C29H29N9O4/c1-15-6-7-30-26(32-15)20-10-21(20)28(40)34-24-9-19(11-31-35-24)42-16(2)22-13-37-12-18(17-4-5-17)8-23(27(37)33-22)38-14-25(39)36(3)29(38)41/h6-9,11-13,16-17,20-21H,4-5,10,14H2,1-3H3,(H,34,35,40)/t16-,20?,21?/m1/s1. The van der Waals surface area contributed by atoms with Gasteiger partial charge in [0.2, 0.25) is 11.8 Å². The number of amides is 4. The molecule has 1 N–H and O–H groups in total. The Hall–Kier alpha value is -4.94. The fraction of sp³-hybridized carbons (Fsp3) is 0.379. The van der Waals surface area contributed by atoms with Crippen LogP contribution in [-0.4, -0.2) is 65.9 Å². The molecule has 214 valence electrons. The number of carbonyl (C=O) groups is 3. The van der Waals surface area contributed by atoms with E-state index >= 15 is 0 Å². The van der Waals surface area contributed by atoms with Crippen LogP contribution in [0.1, 0.15) is 66.9 Å². The Kier molecular flexibility index (Phi) is 6.10. The van der Waals surface area contributed by atoms with Crippen molar-refractivity contribution in [3.63, 3.8) is 0 Å². The Morgan fingerprint density at radius 3 is 2.74 bits per heavy atom. The van der Waals surface area contributed by atoms with Gasteiger partial charge in [-0.15, -0.1) is 5.10 Å². The SMILES string of the molecule is Cc1ccnc(C2CC2C(=O)Nc2cc(O[C@H](C)c3cn4cc(C5CC5)cc(N5CC(=O)N(C)C5=O)c4n3)cnn2)n1. The molecule has 4 aromatic heterocycles. The summed E-state index contributed by atoms with van der Waals surface area (Å²) in [5.74, 6) is 1.17. The Bertz CT molecular complexity index is 1750. The summed E-state index contributed by atoms with van der Waals surface area (Å²) in [4.78, 5) is 54.1. The van der Waals surface area contributed by atoms with E-state index in [4.69, 9.17) is 9.72 Å². The number of rotatable bonds is 8. The van der Waals surface area contributed by atoms with Gasteiger partial charge in [0.05, 0.1) is 17.6 Å². The number of carbonyl (C=O) groups excluding carboxylic acids is 3. The lowest BCUT2D eigenvalue weighted by Crippen LogP contribution is -2.30. The minimum atomic E-state index is -0.486. The Morgan fingerprint density at radius 2 is 2.00 bits per heavy atom. The number of aromatic nitrogens is 6. The van der Waals surface area contributed by atoms with Crippen LogP contribution in [0, 0.1) is 12.8 Å². The average Bonchev–Trinajstić information content (AvgIpc) is 3.90. The summed E-state index contributed by atoms with van der Waals surface area (Å²) >= 11 is 0. The molecule has 3 atom stereocenters. The van der Waals surface area contributed by atoms with E-state index in [1.807, 2.05) is 42.8 Å². The number of pyridine rings is 1. The van der Waals surface area contributed by atoms with E-state index in [0.717, 1.165) is 29.0 Å². The van der Waals surface area contributed by atoms with E-state index in [1.54, 1.807) is 12.3 Å². The highest BCUT2D eigenvalue weighted by Gasteiger charge is 2.46. The minimum Gasteiger partial charge on any atom is -0.483 e. The number of ether oxygens (including phenoxy) is 1. The summed E-state index contributed by atoms with van der Waals surface area (Å²) in [7, 11) is 1.49. The number of fused-ring (bicyclic) bond motifs is 1. The number of hydrogen-bond acceptors (Lipinski definition) is 9.